The molecule has 0 radical (unpaired) electrons. The molecule has 0 saturated heterocycles. The van der Waals surface area contributed by atoms with Gasteiger partial charge in [0.05, 0.1) is 18.3 Å². The topological polar surface area (TPSA) is 90.9 Å². The number of carbonyl (C=O) groups excluding carboxylic acids is 1. The van der Waals surface area contributed by atoms with Crippen molar-refractivity contribution in [1.82, 2.24) is 20.5 Å². The highest BCUT2D eigenvalue weighted by molar-refractivity contribution is 5.93. The van der Waals surface area contributed by atoms with Crippen LogP contribution in [-0.4, -0.2) is 38.8 Å². The molecular weight excluding hydrogens is 268 g/mol. The van der Waals surface area contributed by atoms with Gasteiger partial charge in [-0.05, 0) is 24.1 Å². The lowest BCUT2D eigenvalue weighted by Gasteiger charge is -2.21. The smallest absolute Gasteiger partial charge is 0.269 e. The Morgan fingerprint density at radius 3 is 2.95 bits per heavy atom. The predicted molar refractivity (Wildman–Crippen MR) is 79.6 cm³/mol. The third-order valence-corrected chi connectivity index (χ3v) is 3.62. The number of nitrogens with zero attached hydrogens (tertiary/aromatic N) is 2. The second-order valence-electron chi connectivity index (χ2n) is 5.06. The van der Waals surface area contributed by atoms with Gasteiger partial charge in [0.25, 0.3) is 5.91 Å². The number of aromatic nitrogens is 3. The Kier molecular flexibility index (Phi) is 5.05. The lowest BCUT2D eigenvalue weighted by Crippen LogP contribution is -2.42. The van der Waals surface area contributed by atoms with Crippen LogP contribution in [0.5, 0.6) is 0 Å². The van der Waals surface area contributed by atoms with E-state index in [4.69, 9.17) is 0 Å². The van der Waals surface area contributed by atoms with E-state index < -0.39 is 0 Å². The van der Waals surface area contributed by atoms with Gasteiger partial charge < -0.3 is 10.4 Å². The minimum Gasteiger partial charge on any atom is -0.394 e. The fourth-order valence-corrected chi connectivity index (χ4v) is 2.00. The van der Waals surface area contributed by atoms with Crippen LogP contribution in [0.3, 0.4) is 0 Å². The molecule has 2 aromatic rings. The quantitative estimate of drug-likeness (QED) is 0.753. The largest absolute Gasteiger partial charge is 0.394 e. The maximum atomic E-state index is 12.2. The predicted octanol–water partition coefficient (Wildman–Crippen LogP) is 1.61. The molecule has 2 rings (SSSR count). The molecule has 21 heavy (non-hydrogen) atoms. The fraction of sp³-hybridized carbons (Fsp3) is 0.400. The van der Waals surface area contributed by atoms with Crippen molar-refractivity contribution in [3.8, 4) is 11.3 Å². The summed E-state index contributed by atoms with van der Waals surface area (Å²) in [5.41, 5.74) is 1.88. The third kappa shape index (κ3) is 3.66. The standard InChI is InChI=1S/C15H20N4O2/c1-3-10(2)14(9-20)17-15(21)13-7-12(18-19-13)11-5-4-6-16-8-11/h4-8,10,14,20H,3,9H2,1-2H3,(H,17,21)(H,18,19)/t10-,14-/m0/s1. The minimum atomic E-state index is -0.267. The van der Waals surface area contributed by atoms with Gasteiger partial charge in [0.1, 0.15) is 5.69 Å². The van der Waals surface area contributed by atoms with E-state index in [1.165, 1.54) is 0 Å². The lowest BCUT2D eigenvalue weighted by molar-refractivity contribution is 0.0886. The summed E-state index contributed by atoms with van der Waals surface area (Å²) in [4.78, 5) is 16.2. The van der Waals surface area contributed by atoms with E-state index in [1.807, 2.05) is 26.0 Å². The second-order valence-corrected chi connectivity index (χ2v) is 5.06. The highest BCUT2D eigenvalue weighted by Crippen LogP contribution is 2.16. The molecule has 6 nitrogen and oxygen atoms in total. The normalized spacial score (nSPS) is 13.7. The molecule has 2 aromatic heterocycles. The molecule has 0 aromatic carbocycles. The molecule has 1 amide bonds. The van der Waals surface area contributed by atoms with Gasteiger partial charge in [-0.2, -0.15) is 5.10 Å². The Hall–Kier alpha value is -2.21. The molecule has 0 spiro atoms. The highest BCUT2D eigenvalue weighted by Gasteiger charge is 2.19. The van der Waals surface area contributed by atoms with Crippen molar-refractivity contribution < 1.29 is 9.90 Å². The van der Waals surface area contributed by atoms with E-state index in [1.54, 1.807) is 18.5 Å². The van der Waals surface area contributed by atoms with E-state index >= 15 is 0 Å². The van der Waals surface area contributed by atoms with E-state index in [-0.39, 0.29) is 24.5 Å². The highest BCUT2D eigenvalue weighted by atomic mass is 16.3. The second kappa shape index (κ2) is 6.99. The van der Waals surface area contributed by atoms with Gasteiger partial charge in [0, 0.05) is 18.0 Å². The zero-order chi connectivity index (χ0) is 15.2. The summed E-state index contributed by atoms with van der Waals surface area (Å²) < 4.78 is 0. The molecule has 0 saturated carbocycles. The van der Waals surface area contributed by atoms with Gasteiger partial charge in [-0.3, -0.25) is 14.9 Å². The van der Waals surface area contributed by atoms with Crippen LogP contribution in [0.15, 0.2) is 30.6 Å². The van der Waals surface area contributed by atoms with Gasteiger partial charge in [0.15, 0.2) is 0 Å². The van der Waals surface area contributed by atoms with Crippen LogP contribution in [0.1, 0.15) is 30.8 Å². The number of carbonyl (C=O) groups is 1. The zero-order valence-corrected chi connectivity index (χ0v) is 12.2. The van der Waals surface area contributed by atoms with E-state index in [9.17, 15) is 9.90 Å². The number of hydrogen-bond acceptors (Lipinski definition) is 4. The molecule has 0 bridgehead atoms. The molecule has 2 heterocycles. The maximum Gasteiger partial charge on any atom is 0.269 e. The Morgan fingerprint density at radius 2 is 2.33 bits per heavy atom. The number of pyridine rings is 1. The summed E-state index contributed by atoms with van der Waals surface area (Å²) in [7, 11) is 0. The van der Waals surface area contributed by atoms with Crippen LogP contribution >= 0.6 is 0 Å². The molecule has 0 fully saturated rings. The molecule has 0 unspecified atom stereocenters. The number of amides is 1. The molecule has 2 atom stereocenters. The monoisotopic (exact) mass is 288 g/mol. The molecule has 3 N–H and O–H groups in total. The summed E-state index contributed by atoms with van der Waals surface area (Å²) >= 11 is 0. The molecule has 112 valence electrons. The van der Waals surface area contributed by atoms with Crippen LogP contribution < -0.4 is 5.32 Å². The number of nitrogens with one attached hydrogen (secondary N) is 2. The molecule has 0 aliphatic rings. The summed E-state index contributed by atoms with van der Waals surface area (Å²) in [6, 6.07) is 5.11. The van der Waals surface area contributed by atoms with E-state index in [0.29, 0.717) is 11.4 Å². The van der Waals surface area contributed by atoms with Gasteiger partial charge in [-0.1, -0.05) is 20.3 Å². The van der Waals surface area contributed by atoms with Crippen molar-refractivity contribution in [3.63, 3.8) is 0 Å². The molecule has 0 aliphatic heterocycles. The first kappa shape index (κ1) is 15.2. The molecule has 0 aliphatic carbocycles. The first-order valence-corrected chi connectivity index (χ1v) is 7.03. The Morgan fingerprint density at radius 1 is 1.52 bits per heavy atom. The van der Waals surface area contributed by atoms with Crippen LogP contribution in [0, 0.1) is 5.92 Å². The first-order valence-electron chi connectivity index (χ1n) is 7.03. The van der Waals surface area contributed by atoms with Gasteiger partial charge in [0.2, 0.25) is 0 Å². The number of aliphatic hydroxyl groups is 1. The van der Waals surface area contributed by atoms with Crippen molar-refractivity contribution in [2.45, 2.75) is 26.3 Å². The number of H-pyrrole nitrogens is 1. The molecular formula is C15H20N4O2. The first-order chi connectivity index (χ1) is 10.2. The zero-order valence-electron chi connectivity index (χ0n) is 12.2. The van der Waals surface area contributed by atoms with Gasteiger partial charge >= 0.3 is 0 Å². The van der Waals surface area contributed by atoms with Gasteiger partial charge in [-0.25, -0.2) is 0 Å². The molecule has 6 heteroatoms. The van der Waals surface area contributed by atoms with Crippen LogP contribution in [0.2, 0.25) is 0 Å². The lowest BCUT2D eigenvalue weighted by atomic mass is 10.00. The van der Waals surface area contributed by atoms with Crippen molar-refractivity contribution in [1.29, 1.82) is 0 Å². The number of aromatic amines is 1. The van der Waals surface area contributed by atoms with Gasteiger partial charge in [-0.15, -0.1) is 0 Å². The summed E-state index contributed by atoms with van der Waals surface area (Å²) in [5, 5.41) is 19.0. The van der Waals surface area contributed by atoms with Crippen molar-refractivity contribution in [3.05, 3.63) is 36.3 Å². The maximum absolute atomic E-state index is 12.2. The summed E-state index contributed by atoms with van der Waals surface area (Å²) in [6.07, 6.45) is 4.25. The summed E-state index contributed by atoms with van der Waals surface area (Å²) in [5.74, 6) is -0.0587. The fourth-order valence-electron chi connectivity index (χ4n) is 2.00. The Labute approximate surface area is 123 Å². The number of hydrogen-bond donors (Lipinski definition) is 3. The third-order valence-electron chi connectivity index (χ3n) is 3.62. The van der Waals surface area contributed by atoms with Crippen LogP contribution in [-0.2, 0) is 0 Å². The van der Waals surface area contributed by atoms with Crippen molar-refractivity contribution >= 4 is 5.91 Å². The van der Waals surface area contributed by atoms with Crippen LogP contribution in [0.25, 0.3) is 11.3 Å². The number of rotatable bonds is 6. The average Bonchev–Trinajstić information content (AvgIpc) is 3.02. The average molecular weight is 288 g/mol. The van der Waals surface area contributed by atoms with Crippen LogP contribution in [0.4, 0.5) is 0 Å². The number of aliphatic hydroxyl groups excluding tert-OH is 1. The van der Waals surface area contributed by atoms with E-state index in [0.717, 1.165) is 12.0 Å². The summed E-state index contributed by atoms with van der Waals surface area (Å²) in [6.45, 7) is 3.94. The van der Waals surface area contributed by atoms with E-state index in [2.05, 4.69) is 20.5 Å². The SMILES string of the molecule is CC[C@H](C)[C@H](CO)NC(=O)c1cc(-c2cccnc2)n[nH]1. The Balaban J connectivity index is 2.09. The minimum absolute atomic E-state index is 0.0790. The van der Waals surface area contributed by atoms with Crippen molar-refractivity contribution in [2.75, 3.05) is 6.61 Å². The van der Waals surface area contributed by atoms with Crippen molar-refractivity contribution in [2.24, 2.45) is 5.92 Å². The Bertz CT molecular complexity index is 582.